The number of halogens is 3. The average Bonchev–Trinajstić information content (AvgIpc) is 3.21. The molecule has 4 rings (SSSR count). The van der Waals surface area contributed by atoms with Crippen LogP contribution in [0.4, 0.5) is 19.0 Å². The number of hydrogen-bond acceptors (Lipinski definition) is 4. The number of alkyl halides is 3. The molecule has 1 amide bonds. The molecule has 0 spiro atoms. The van der Waals surface area contributed by atoms with Gasteiger partial charge in [-0.1, -0.05) is 42.0 Å². The monoisotopic (exact) mass is 444 g/mol. The Morgan fingerprint density at radius 1 is 1.25 bits per heavy atom. The van der Waals surface area contributed by atoms with Crippen LogP contribution < -0.4 is 15.4 Å². The zero-order valence-corrected chi connectivity index (χ0v) is 17.6. The van der Waals surface area contributed by atoms with E-state index < -0.39 is 24.2 Å². The third-order valence-corrected chi connectivity index (χ3v) is 5.55. The Hall–Kier alpha value is -3.49. The number of aryl methyl sites for hydroxylation is 1. The van der Waals surface area contributed by atoms with Crippen molar-refractivity contribution in [3.05, 3.63) is 77.0 Å². The van der Waals surface area contributed by atoms with Crippen LogP contribution in [0, 0.1) is 6.92 Å². The van der Waals surface area contributed by atoms with Crippen LogP contribution in [0.5, 0.6) is 5.75 Å². The van der Waals surface area contributed by atoms with Gasteiger partial charge in [0.1, 0.15) is 17.1 Å². The van der Waals surface area contributed by atoms with Gasteiger partial charge in [-0.2, -0.15) is 18.3 Å². The number of methoxy groups -OCH3 is 1. The minimum Gasteiger partial charge on any atom is -0.497 e. The summed E-state index contributed by atoms with van der Waals surface area (Å²) in [5, 5.41) is 9.75. The number of anilines is 1. The Morgan fingerprint density at radius 3 is 2.69 bits per heavy atom. The minimum absolute atomic E-state index is 0.0623. The summed E-state index contributed by atoms with van der Waals surface area (Å²) in [5.74, 6) is 0.203. The van der Waals surface area contributed by atoms with Gasteiger partial charge >= 0.3 is 6.18 Å². The first kappa shape index (κ1) is 21.7. The molecule has 0 bridgehead atoms. The Labute approximate surface area is 183 Å². The smallest absolute Gasteiger partial charge is 0.410 e. The van der Waals surface area contributed by atoms with E-state index in [4.69, 9.17) is 4.74 Å². The van der Waals surface area contributed by atoms with E-state index in [2.05, 4.69) is 15.7 Å². The fourth-order valence-corrected chi connectivity index (χ4v) is 3.81. The van der Waals surface area contributed by atoms with E-state index in [1.807, 2.05) is 25.1 Å². The molecule has 168 valence electrons. The van der Waals surface area contributed by atoms with Crippen molar-refractivity contribution in [1.29, 1.82) is 0 Å². The molecule has 2 atom stereocenters. The number of fused-ring (bicyclic) bond motifs is 1. The van der Waals surface area contributed by atoms with Crippen molar-refractivity contribution >= 4 is 11.7 Å². The molecule has 0 saturated heterocycles. The van der Waals surface area contributed by atoms with Crippen LogP contribution in [0.2, 0.25) is 0 Å². The van der Waals surface area contributed by atoms with Gasteiger partial charge in [-0.25, -0.2) is 4.68 Å². The number of ether oxygens (including phenoxy) is 1. The highest BCUT2D eigenvalue weighted by Crippen LogP contribution is 2.44. The number of nitrogens with zero attached hydrogens (tertiary/aromatic N) is 2. The molecule has 1 aromatic heterocycles. The molecular formula is C23H23F3N4O2. The molecule has 0 fully saturated rings. The topological polar surface area (TPSA) is 68.2 Å². The number of benzene rings is 2. The SMILES string of the molecule is COc1cccc(CNC(=O)c2cnn3c2N[C@@H](c2ccc(C)cc2)C[C@H]3C(F)(F)F)c1. The van der Waals surface area contributed by atoms with Crippen LogP contribution in [0.15, 0.2) is 54.7 Å². The molecule has 0 unspecified atom stereocenters. The lowest BCUT2D eigenvalue weighted by Gasteiger charge is -2.34. The van der Waals surface area contributed by atoms with Crippen molar-refractivity contribution in [2.24, 2.45) is 0 Å². The highest BCUT2D eigenvalue weighted by atomic mass is 19.4. The largest absolute Gasteiger partial charge is 0.497 e. The normalized spacial score (nSPS) is 17.9. The van der Waals surface area contributed by atoms with Gasteiger partial charge in [0.05, 0.1) is 19.3 Å². The van der Waals surface area contributed by atoms with Crippen molar-refractivity contribution in [2.45, 2.75) is 38.1 Å². The molecule has 0 radical (unpaired) electrons. The number of aromatic nitrogens is 2. The van der Waals surface area contributed by atoms with Gasteiger partial charge in [-0.3, -0.25) is 4.79 Å². The van der Waals surface area contributed by atoms with E-state index in [1.165, 1.54) is 6.20 Å². The van der Waals surface area contributed by atoms with Crippen molar-refractivity contribution in [1.82, 2.24) is 15.1 Å². The Balaban J connectivity index is 1.60. The van der Waals surface area contributed by atoms with Gasteiger partial charge in [0.2, 0.25) is 0 Å². The van der Waals surface area contributed by atoms with Gasteiger partial charge < -0.3 is 15.4 Å². The molecule has 32 heavy (non-hydrogen) atoms. The predicted molar refractivity (Wildman–Crippen MR) is 114 cm³/mol. The molecule has 0 aliphatic carbocycles. The summed E-state index contributed by atoms with van der Waals surface area (Å²) in [5.41, 5.74) is 2.61. The zero-order valence-electron chi connectivity index (χ0n) is 17.6. The van der Waals surface area contributed by atoms with Gasteiger partial charge in [0.25, 0.3) is 5.91 Å². The number of amides is 1. The summed E-state index contributed by atoms with van der Waals surface area (Å²) in [6.45, 7) is 2.11. The zero-order chi connectivity index (χ0) is 22.9. The Bertz CT molecular complexity index is 1110. The molecule has 2 heterocycles. The summed E-state index contributed by atoms with van der Waals surface area (Å²) < 4.78 is 47.5. The van der Waals surface area contributed by atoms with Gasteiger partial charge in [-0.05, 0) is 30.2 Å². The third-order valence-electron chi connectivity index (χ3n) is 5.55. The summed E-state index contributed by atoms with van der Waals surface area (Å²) in [6.07, 6.45) is -3.54. The summed E-state index contributed by atoms with van der Waals surface area (Å²) in [6, 6.07) is 12.1. The number of carbonyl (C=O) groups is 1. The highest BCUT2D eigenvalue weighted by molar-refractivity contribution is 5.98. The van der Waals surface area contributed by atoms with Crippen LogP contribution in [-0.4, -0.2) is 29.0 Å². The maximum atomic E-state index is 13.8. The fraction of sp³-hybridized carbons (Fsp3) is 0.304. The average molecular weight is 444 g/mol. The van der Waals surface area contributed by atoms with Crippen LogP contribution in [0.25, 0.3) is 0 Å². The lowest BCUT2D eigenvalue weighted by molar-refractivity contribution is -0.173. The fourth-order valence-electron chi connectivity index (χ4n) is 3.81. The number of rotatable bonds is 5. The first-order valence-corrected chi connectivity index (χ1v) is 10.1. The van der Waals surface area contributed by atoms with Crippen LogP contribution in [0.1, 0.15) is 45.6 Å². The lowest BCUT2D eigenvalue weighted by Crippen LogP contribution is -2.36. The maximum Gasteiger partial charge on any atom is 0.410 e. The van der Waals surface area contributed by atoms with E-state index in [1.54, 1.807) is 37.4 Å². The second-order valence-electron chi connectivity index (χ2n) is 7.79. The Kier molecular flexibility index (Phi) is 5.82. The van der Waals surface area contributed by atoms with Crippen molar-refractivity contribution in [2.75, 3.05) is 12.4 Å². The molecule has 3 aromatic rings. The number of carbonyl (C=O) groups excluding carboxylic acids is 1. The van der Waals surface area contributed by atoms with Gasteiger partial charge in [0.15, 0.2) is 6.04 Å². The third kappa shape index (κ3) is 4.42. The standard InChI is InChI=1S/C23H23F3N4O2/c1-14-6-8-16(9-7-14)19-11-20(23(24,25)26)30-21(29-19)18(13-28-30)22(31)27-12-15-4-3-5-17(10-15)32-2/h3-10,13,19-20,29H,11-12H2,1-2H3,(H,27,31)/t19-,20+/m1/s1. The van der Waals surface area contributed by atoms with Crippen LogP contribution in [-0.2, 0) is 6.54 Å². The molecule has 2 N–H and O–H groups in total. The second kappa shape index (κ2) is 8.57. The maximum absolute atomic E-state index is 13.8. The van der Waals surface area contributed by atoms with Crippen LogP contribution >= 0.6 is 0 Å². The molecule has 6 nitrogen and oxygen atoms in total. The van der Waals surface area contributed by atoms with E-state index >= 15 is 0 Å². The number of hydrogen-bond donors (Lipinski definition) is 2. The molecule has 1 aliphatic heterocycles. The molecule has 1 aliphatic rings. The first-order chi connectivity index (χ1) is 15.3. The summed E-state index contributed by atoms with van der Waals surface area (Å²) in [4.78, 5) is 12.8. The van der Waals surface area contributed by atoms with E-state index in [-0.39, 0.29) is 24.3 Å². The highest BCUT2D eigenvalue weighted by Gasteiger charge is 2.47. The van der Waals surface area contributed by atoms with E-state index in [0.717, 1.165) is 21.4 Å². The van der Waals surface area contributed by atoms with Gasteiger partial charge in [-0.15, -0.1) is 0 Å². The predicted octanol–water partition coefficient (Wildman–Crippen LogP) is 4.79. The quantitative estimate of drug-likeness (QED) is 0.594. The summed E-state index contributed by atoms with van der Waals surface area (Å²) in [7, 11) is 1.55. The van der Waals surface area contributed by atoms with Crippen molar-refractivity contribution in [3.8, 4) is 5.75 Å². The minimum atomic E-state index is -4.50. The Morgan fingerprint density at radius 2 is 2.00 bits per heavy atom. The second-order valence-corrected chi connectivity index (χ2v) is 7.79. The van der Waals surface area contributed by atoms with Crippen molar-refractivity contribution in [3.63, 3.8) is 0 Å². The molecule has 2 aromatic carbocycles. The summed E-state index contributed by atoms with van der Waals surface area (Å²) >= 11 is 0. The van der Waals surface area contributed by atoms with E-state index in [0.29, 0.717) is 5.75 Å². The lowest BCUT2D eigenvalue weighted by atomic mass is 9.96. The molecular weight excluding hydrogens is 421 g/mol. The first-order valence-electron chi connectivity index (χ1n) is 10.1. The van der Waals surface area contributed by atoms with Gasteiger partial charge in [0, 0.05) is 13.0 Å². The van der Waals surface area contributed by atoms with Crippen LogP contribution in [0.3, 0.4) is 0 Å². The molecule has 9 heteroatoms. The molecule has 0 saturated carbocycles. The van der Waals surface area contributed by atoms with E-state index in [9.17, 15) is 18.0 Å². The van der Waals surface area contributed by atoms with Crippen molar-refractivity contribution < 1.29 is 22.7 Å². The number of nitrogens with one attached hydrogen (secondary N) is 2.